The Morgan fingerprint density at radius 1 is 1.67 bits per heavy atom. The largest absolute Gasteiger partial charge is 0.355 e. The van der Waals surface area contributed by atoms with Crippen LogP contribution < -0.4 is 10.6 Å². The maximum atomic E-state index is 12.2. The van der Waals surface area contributed by atoms with Crippen LogP contribution >= 0.6 is 0 Å². The van der Waals surface area contributed by atoms with Crippen LogP contribution in [0.3, 0.4) is 0 Å². The van der Waals surface area contributed by atoms with E-state index in [9.17, 15) is 4.79 Å². The van der Waals surface area contributed by atoms with Crippen LogP contribution in [0.25, 0.3) is 0 Å². The van der Waals surface area contributed by atoms with Gasteiger partial charge in [0.2, 0.25) is 5.91 Å². The molecular formula is C13H22N4O. The van der Waals surface area contributed by atoms with E-state index in [1.54, 1.807) is 6.20 Å². The molecule has 1 aliphatic heterocycles. The Kier molecular flexibility index (Phi) is 4.01. The number of piperidine rings is 1. The van der Waals surface area contributed by atoms with Crippen LogP contribution in [-0.2, 0) is 18.3 Å². The number of nitrogens with zero attached hydrogens (tertiary/aromatic N) is 2. The fraction of sp³-hybridized carbons (Fsp3) is 0.692. The highest BCUT2D eigenvalue weighted by Crippen LogP contribution is 2.25. The predicted octanol–water partition coefficient (Wildman–Crippen LogP) is 0.469. The van der Waals surface area contributed by atoms with Gasteiger partial charge >= 0.3 is 0 Å². The van der Waals surface area contributed by atoms with Crippen molar-refractivity contribution in [2.75, 3.05) is 19.6 Å². The summed E-state index contributed by atoms with van der Waals surface area (Å²) < 4.78 is 1.98. The van der Waals surface area contributed by atoms with E-state index in [0.717, 1.165) is 38.2 Å². The van der Waals surface area contributed by atoms with Crippen molar-refractivity contribution < 1.29 is 4.79 Å². The molecule has 5 heteroatoms. The van der Waals surface area contributed by atoms with Crippen molar-refractivity contribution in [3.63, 3.8) is 0 Å². The van der Waals surface area contributed by atoms with Crippen LogP contribution in [-0.4, -0.2) is 35.1 Å². The van der Waals surface area contributed by atoms with Crippen molar-refractivity contribution in [3.05, 3.63) is 18.2 Å². The lowest BCUT2D eigenvalue weighted by Gasteiger charge is -2.32. The highest BCUT2D eigenvalue weighted by atomic mass is 16.2. The molecule has 0 bridgehead atoms. The summed E-state index contributed by atoms with van der Waals surface area (Å²) in [5.41, 5.74) is -0.250. The number of aryl methyl sites for hydroxylation is 1. The molecule has 1 unspecified atom stereocenters. The zero-order valence-electron chi connectivity index (χ0n) is 11.2. The lowest BCUT2D eigenvalue weighted by atomic mass is 9.82. The first-order valence-electron chi connectivity index (χ1n) is 6.57. The normalized spacial score (nSPS) is 23.9. The number of imidazole rings is 1. The van der Waals surface area contributed by atoms with Crippen LogP contribution in [0.2, 0.25) is 0 Å². The van der Waals surface area contributed by atoms with Crippen LogP contribution in [0, 0.1) is 5.41 Å². The Labute approximate surface area is 108 Å². The molecule has 1 atom stereocenters. The molecule has 0 spiro atoms. The molecule has 100 valence electrons. The molecular weight excluding hydrogens is 228 g/mol. The number of nitrogens with one attached hydrogen (secondary N) is 2. The fourth-order valence-corrected chi connectivity index (χ4v) is 2.39. The predicted molar refractivity (Wildman–Crippen MR) is 70.1 cm³/mol. The first kappa shape index (κ1) is 13.1. The monoisotopic (exact) mass is 250 g/mol. The van der Waals surface area contributed by atoms with Gasteiger partial charge in [-0.1, -0.05) is 0 Å². The van der Waals surface area contributed by atoms with E-state index in [1.807, 2.05) is 24.7 Å². The van der Waals surface area contributed by atoms with Crippen molar-refractivity contribution in [2.24, 2.45) is 12.5 Å². The van der Waals surface area contributed by atoms with E-state index < -0.39 is 0 Å². The minimum absolute atomic E-state index is 0.156. The molecule has 1 aliphatic rings. The number of carbonyl (C=O) groups excluding carboxylic acids is 1. The Bertz CT molecular complexity index is 407. The van der Waals surface area contributed by atoms with Crippen molar-refractivity contribution in [1.82, 2.24) is 20.2 Å². The van der Waals surface area contributed by atoms with Gasteiger partial charge in [-0.15, -0.1) is 0 Å². The minimum atomic E-state index is -0.250. The topological polar surface area (TPSA) is 59.0 Å². The van der Waals surface area contributed by atoms with Crippen molar-refractivity contribution in [3.8, 4) is 0 Å². The van der Waals surface area contributed by atoms with Crippen LogP contribution in [0.4, 0.5) is 0 Å². The quantitative estimate of drug-likeness (QED) is 0.816. The van der Waals surface area contributed by atoms with Gasteiger partial charge in [-0.05, 0) is 26.3 Å². The van der Waals surface area contributed by atoms with Gasteiger partial charge in [0, 0.05) is 39.0 Å². The molecule has 0 radical (unpaired) electrons. The van der Waals surface area contributed by atoms with Gasteiger partial charge < -0.3 is 15.2 Å². The summed E-state index contributed by atoms with van der Waals surface area (Å²) in [5, 5.41) is 6.32. The highest BCUT2D eigenvalue weighted by molar-refractivity contribution is 5.82. The lowest BCUT2D eigenvalue weighted by molar-refractivity contribution is -0.131. The van der Waals surface area contributed by atoms with Crippen molar-refractivity contribution in [1.29, 1.82) is 0 Å². The van der Waals surface area contributed by atoms with Gasteiger partial charge in [0.25, 0.3) is 0 Å². The first-order chi connectivity index (χ1) is 8.62. The summed E-state index contributed by atoms with van der Waals surface area (Å²) in [5.74, 6) is 1.16. The fourth-order valence-electron chi connectivity index (χ4n) is 2.39. The minimum Gasteiger partial charge on any atom is -0.355 e. The lowest BCUT2D eigenvalue weighted by Crippen LogP contribution is -2.49. The van der Waals surface area contributed by atoms with E-state index >= 15 is 0 Å². The third-order valence-corrected chi connectivity index (χ3v) is 3.70. The first-order valence-corrected chi connectivity index (χ1v) is 6.57. The summed E-state index contributed by atoms with van der Waals surface area (Å²) >= 11 is 0. The number of hydrogen-bond acceptors (Lipinski definition) is 3. The zero-order valence-corrected chi connectivity index (χ0v) is 11.2. The van der Waals surface area contributed by atoms with E-state index in [1.165, 1.54) is 0 Å². The van der Waals surface area contributed by atoms with Crippen LogP contribution in [0.5, 0.6) is 0 Å². The summed E-state index contributed by atoms with van der Waals surface area (Å²) in [6.07, 6.45) is 6.52. The van der Waals surface area contributed by atoms with Gasteiger partial charge in [0.05, 0.1) is 5.41 Å². The molecule has 1 saturated heterocycles. The van der Waals surface area contributed by atoms with Crippen LogP contribution in [0.1, 0.15) is 25.6 Å². The van der Waals surface area contributed by atoms with E-state index in [0.29, 0.717) is 6.54 Å². The van der Waals surface area contributed by atoms with E-state index in [2.05, 4.69) is 15.6 Å². The third-order valence-electron chi connectivity index (χ3n) is 3.70. The van der Waals surface area contributed by atoms with Crippen molar-refractivity contribution in [2.45, 2.75) is 26.2 Å². The summed E-state index contributed by atoms with van der Waals surface area (Å²) in [6.45, 7) is 4.49. The van der Waals surface area contributed by atoms with Gasteiger partial charge in [-0.2, -0.15) is 0 Å². The number of carbonyl (C=O) groups is 1. The Morgan fingerprint density at radius 2 is 2.50 bits per heavy atom. The highest BCUT2D eigenvalue weighted by Gasteiger charge is 2.34. The molecule has 2 N–H and O–H groups in total. The SMILES string of the molecule is Cn1ccnc1CCNC(=O)C1(C)CCCNC1. The Balaban J connectivity index is 1.79. The average Bonchev–Trinajstić information content (AvgIpc) is 2.76. The molecule has 1 aromatic rings. The second-order valence-corrected chi connectivity index (χ2v) is 5.30. The van der Waals surface area contributed by atoms with E-state index in [-0.39, 0.29) is 11.3 Å². The summed E-state index contributed by atoms with van der Waals surface area (Å²) in [6, 6.07) is 0. The van der Waals surface area contributed by atoms with Gasteiger partial charge in [0.15, 0.2) is 0 Å². The van der Waals surface area contributed by atoms with Crippen molar-refractivity contribution >= 4 is 5.91 Å². The average molecular weight is 250 g/mol. The molecule has 0 aliphatic carbocycles. The molecule has 1 aromatic heterocycles. The van der Waals surface area contributed by atoms with Gasteiger partial charge in [-0.25, -0.2) is 4.98 Å². The Morgan fingerprint density at radius 3 is 3.11 bits per heavy atom. The molecule has 0 saturated carbocycles. The third kappa shape index (κ3) is 2.90. The summed E-state index contributed by atoms with van der Waals surface area (Å²) in [4.78, 5) is 16.4. The maximum absolute atomic E-state index is 12.2. The summed E-state index contributed by atoms with van der Waals surface area (Å²) in [7, 11) is 1.97. The van der Waals surface area contributed by atoms with E-state index in [4.69, 9.17) is 0 Å². The second kappa shape index (κ2) is 5.52. The maximum Gasteiger partial charge on any atom is 0.227 e. The standard InChI is InChI=1S/C13H22N4O/c1-13(5-3-6-14-10-13)12(18)16-7-4-11-15-8-9-17(11)2/h8-9,14H,3-7,10H2,1-2H3,(H,16,18). The van der Waals surface area contributed by atoms with Gasteiger partial charge in [0.1, 0.15) is 5.82 Å². The zero-order chi connectivity index (χ0) is 13.0. The molecule has 18 heavy (non-hydrogen) atoms. The smallest absolute Gasteiger partial charge is 0.227 e. The number of rotatable bonds is 4. The van der Waals surface area contributed by atoms with Gasteiger partial charge in [-0.3, -0.25) is 4.79 Å². The Hall–Kier alpha value is -1.36. The second-order valence-electron chi connectivity index (χ2n) is 5.30. The molecule has 1 fully saturated rings. The molecule has 5 nitrogen and oxygen atoms in total. The van der Waals surface area contributed by atoms with Crippen LogP contribution in [0.15, 0.2) is 12.4 Å². The molecule has 0 aromatic carbocycles. The number of aromatic nitrogens is 2. The number of amides is 1. The number of hydrogen-bond donors (Lipinski definition) is 2. The molecule has 1 amide bonds. The molecule has 2 rings (SSSR count). The molecule has 2 heterocycles.